The van der Waals surface area contributed by atoms with E-state index in [1.54, 1.807) is 0 Å². The number of nitrogens with zero attached hydrogens (tertiary/aromatic N) is 1. The van der Waals surface area contributed by atoms with Crippen LogP contribution in [0.5, 0.6) is 0 Å². The van der Waals surface area contributed by atoms with Crippen molar-refractivity contribution in [3.05, 3.63) is 16.1 Å². The van der Waals surface area contributed by atoms with E-state index in [0.717, 1.165) is 24.4 Å². The quantitative estimate of drug-likeness (QED) is 0.867. The molecule has 0 unspecified atom stereocenters. The summed E-state index contributed by atoms with van der Waals surface area (Å²) in [5.41, 5.74) is 0. The minimum absolute atomic E-state index is 0.768. The van der Waals surface area contributed by atoms with Gasteiger partial charge >= 0.3 is 0 Å². The highest BCUT2D eigenvalue weighted by Crippen LogP contribution is 2.38. The molecule has 2 nitrogen and oxygen atoms in total. The maximum atomic E-state index is 4.55. The average molecular weight is 236 g/mol. The van der Waals surface area contributed by atoms with Gasteiger partial charge in [0.05, 0.1) is 5.01 Å². The van der Waals surface area contributed by atoms with Crippen molar-refractivity contribution in [1.29, 1.82) is 0 Å². The highest BCUT2D eigenvalue weighted by atomic mass is 32.1. The van der Waals surface area contributed by atoms with Crippen molar-refractivity contribution in [2.45, 2.75) is 57.5 Å². The molecule has 0 radical (unpaired) electrons. The van der Waals surface area contributed by atoms with Gasteiger partial charge in [0.15, 0.2) is 0 Å². The molecule has 2 saturated carbocycles. The second-order valence-electron chi connectivity index (χ2n) is 5.45. The zero-order valence-corrected chi connectivity index (χ0v) is 10.7. The molecule has 88 valence electrons. The summed E-state index contributed by atoms with van der Waals surface area (Å²) in [6.45, 7) is 3.36. The molecule has 1 aromatic heterocycles. The molecule has 2 aliphatic rings. The molecular formula is C13H20N2S. The zero-order chi connectivity index (χ0) is 11.0. The van der Waals surface area contributed by atoms with Crippen LogP contribution in [0.25, 0.3) is 0 Å². The lowest BCUT2D eigenvalue weighted by atomic mass is 9.82. The third kappa shape index (κ3) is 2.16. The van der Waals surface area contributed by atoms with Crippen LogP contribution in [0.3, 0.4) is 0 Å². The molecule has 0 spiro atoms. The van der Waals surface area contributed by atoms with Crippen LogP contribution < -0.4 is 5.32 Å². The summed E-state index contributed by atoms with van der Waals surface area (Å²) in [6.07, 6.45) is 8.91. The lowest BCUT2D eigenvalue weighted by Crippen LogP contribution is -2.39. The Balaban J connectivity index is 1.48. The van der Waals surface area contributed by atoms with Crippen LogP contribution in [0.4, 0.5) is 0 Å². The molecule has 0 aliphatic heterocycles. The van der Waals surface area contributed by atoms with Crippen molar-refractivity contribution >= 4 is 11.3 Å². The highest BCUT2D eigenvalue weighted by Gasteiger charge is 2.25. The van der Waals surface area contributed by atoms with E-state index in [9.17, 15) is 0 Å². The van der Waals surface area contributed by atoms with Gasteiger partial charge in [-0.15, -0.1) is 11.3 Å². The van der Waals surface area contributed by atoms with Crippen LogP contribution in [-0.4, -0.2) is 11.0 Å². The van der Waals surface area contributed by atoms with Gasteiger partial charge in [0.25, 0.3) is 0 Å². The van der Waals surface area contributed by atoms with Gasteiger partial charge in [-0.25, -0.2) is 4.98 Å². The highest BCUT2D eigenvalue weighted by molar-refractivity contribution is 7.11. The maximum absolute atomic E-state index is 4.55. The molecule has 2 aliphatic carbocycles. The first kappa shape index (κ1) is 10.7. The molecule has 3 rings (SSSR count). The predicted molar refractivity (Wildman–Crippen MR) is 67.7 cm³/mol. The molecule has 0 saturated heterocycles. The Morgan fingerprint density at radius 3 is 2.88 bits per heavy atom. The number of thiazole rings is 1. The molecule has 0 aromatic carbocycles. The van der Waals surface area contributed by atoms with Gasteiger partial charge in [-0.05, 0) is 31.6 Å². The molecule has 16 heavy (non-hydrogen) atoms. The maximum Gasteiger partial charge on any atom is 0.0959 e. The van der Waals surface area contributed by atoms with Gasteiger partial charge in [0.1, 0.15) is 0 Å². The summed E-state index contributed by atoms with van der Waals surface area (Å²) in [7, 11) is 0. The van der Waals surface area contributed by atoms with Gasteiger partial charge < -0.3 is 5.32 Å². The number of hydrogen-bond donors (Lipinski definition) is 1. The zero-order valence-electron chi connectivity index (χ0n) is 9.91. The van der Waals surface area contributed by atoms with Gasteiger partial charge in [-0.2, -0.15) is 0 Å². The van der Waals surface area contributed by atoms with Crippen LogP contribution >= 0.6 is 11.3 Å². The topological polar surface area (TPSA) is 24.9 Å². The lowest BCUT2D eigenvalue weighted by Gasteiger charge is -2.33. The van der Waals surface area contributed by atoms with Crippen LogP contribution in [-0.2, 0) is 6.54 Å². The number of aromatic nitrogens is 1. The van der Waals surface area contributed by atoms with E-state index >= 15 is 0 Å². The van der Waals surface area contributed by atoms with Crippen LogP contribution in [0, 0.1) is 5.92 Å². The van der Waals surface area contributed by atoms with Crippen LogP contribution in [0.2, 0.25) is 0 Å². The molecule has 0 amide bonds. The molecule has 1 aromatic rings. The van der Waals surface area contributed by atoms with Gasteiger partial charge in [0.2, 0.25) is 0 Å². The van der Waals surface area contributed by atoms with E-state index < -0.39 is 0 Å². The third-order valence-corrected chi connectivity index (χ3v) is 5.12. The number of rotatable bonds is 4. The molecule has 1 heterocycles. The standard InChI is InChI=1S/C13H20N2S/c1-9-5-11(6-9)14-7-12-8-15-13(16-12)10-3-2-4-10/h8-11,14H,2-7H2,1H3. The largest absolute Gasteiger partial charge is 0.309 e. The van der Waals surface area contributed by atoms with E-state index in [2.05, 4.69) is 23.4 Å². The molecule has 2 fully saturated rings. The van der Waals surface area contributed by atoms with E-state index in [0.29, 0.717) is 0 Å². The van der Waals surface area contributed by atoms with Crippen molar-refractivity contribution in [2.75, 3.05) is 0 Å². The van der Waals surface area contributed by atoms with Crippen LogP contribution in [0.15, 0.2) is 6.20 Å². The fourth-order valence-corrected chi connectivity index (χ4v) is 3.60. The fraction of sp³-hybridized carbons (Fsp3) is 0.769. The van der Waals surface area contributed by atoms with Crippen molar-refractivity contribution in [2.24, 2.45) is 5.92 Å². The van der Waals surface area contributed by atoms with Crippen LogP contribution in [0.1, 0.15) is 54.8 Å². The second-order valence-corrected chi connectivity index (χ2v) is 6.59. The Bertz CT molecular complexity index is 351. The van der Waals surface area contributed by atoms with Gasteiger partial charge in [-0.3, -0.25) is 0 Å². The summed E-state index contributed by atoms with van der Waals surface area (Å²) in [4.78, 5) is 5.97. The van der Waals surface area contributed by atoms with Gasteiger partial charge in [-0.1, -0.05) is 13.3 Å². The average Bonchev–Trinajstić information content (AvgIpc) is 2.56. The van der Waals surface area contributed by atoms with Gasteiger partial charge in [0, 0.05) is 29.6 Å². The Kier molecular flexibility index (Phi) is 2.99. The Labute approximate surface area is 101 Å². The minimum Gasteiger partial charge on any atom is -0.309 e. The van der Waals surface area contributed by atoms with Crippen molar-refractivity contribution < 1.29 is 0 Å². The summed E-state index contributed by atoms with van der Waals surface area (Å²) in [6, 6.07) is 0.768. The lowest BCUT2D eigenvalue weighted by molar-refractivity contribution is 0.241. The molecule has 0 bridgehead atoms. The summed E-state index contributed by atoms with van der Waals surface area (Å²) >= 11 is 1.92. The smallest absolute Gasteiger partial charge is 0.0959 e. The minimum atomic E-state index is 0.768. The van der Waals surface area contributed by atoms with E-state index in [1.807, 2.05) is 11.3 Å². The number of hydrogen-bond acceptors (Lipinski definition) is 3. The third-order valence-electron chi connectivity index (χ3n) is 3.96. The Hall–Kier alpha value is -0.410. The fourth-order valence-electron chi connectivity index (χ4n) is 2.56. The summed E-state index contributed by atoms with van der Waals surface area (Å²) in [5.74, 6) is 1.73. The SMILES string of the molecule is CC1CC(NCc2cnc(C3CCC3)s2)C1. The first-order chi connectivity index (χ1) is 7.81. The molecule has 3 heteroatoms. The summed E-state index contributed by atoms with van der Waals surface area (Å²) in [5, 5.41) is 5.00. The molecular weight excluding hydrogens is 216 g/mol. The molecule has 0 atom stereocenters. The Morgan fingerprint density at radius 1 is 1.44 bits per heavy atom. The first-order valence-electron chi connectivity index (χ1n) is 6.49. The van der Waals surface area contributed by atoms with E-state index in [1.165, 1.54) is 42.0 Å². The second kappa shape index (κ2) is 4.46. The monoisotopic (exact) mass is 236 g/mol. The Morgan fingerprint density at radius 2 is 2.25 bits per heavy atom. The first-order valence-corrected chi connectivity index (χ1v) is 7.31. The van der Waals surface area contributed by atoms with Crippen molar-refractivity contribution in [1.82, 2.24) is 10.3 Å². The molecule has 1 N–H and O–H groups in total. The van der Waals surface area contributed by atoms with Crippen molar-refractivity contribution in [3.8, 4) is 0 Å². The number of nitrogens with one attached hydrogen (secondary N) is 1. The van der Waals surface area contributed by atoms with E-state index in [4.69, 9.17) is 0 Å². The summed E-state index contributed by atoms with van der Waals surface area (Å²) < 4.78 is 0. The predicted octanol–water partition coefficient (Wildman–Crippen LogP) is 3.30. The van der Waals surface area contributed by atoms with Crippen molar-refractivity contribution in [3.63, 3.8) is 0 Å². The van der Waals surface area contributed by atoms with E-state index in [-0.39, 0.29) is 0 Å². The normalized spacial score (nSPS) is 29.8.